The Labute approximate surface area is 158 Å². The molecule has 27 heavy (non-hydrogen) atoms. The van der Waals surface area contributed by atoms with E-state index in [9.17, 15) is 0 Å². The number of nitrogens with zero attached hydrogens (tertiary/aromatic N) is 2. The predicted molar refractivity (Wildman–Crippen MR) is 106 cm³/mol. The molecule has 1 N–H and O–H groups in total. The average Bonchev–Trinajstić information content (AvgIpc) is 3.43. The third-order valence-electron chi connectivity index (χ3n) is 4.54. The number of hydrogen-bond acceptors (Lipinski definition) is 4. The maximum atomic E-state index is 9.06. The maximum absolute atomic E-state index is 9.06. The van der Waals surface area contributed by atoms with Crippen molar-refractivity contribution >= 4 is 33.2 Å². The fourth-order valence-corrected chi connectivity index (χ4v) is 4.18. The number of aromatic nitrogens is 1. The molecule has 3 aromatic heterocycles. The third-order valence-corrected chi connectivity index (χ3v) is 5.71. The van der Waals surface area contributed by atoms with E-state index in [0.29, 0.717) is 16.9 Å². The number of fused-ring (bicyclic) bond motifs is 2. The minimum atomic E-state index is 0.323. The van der Waals surface area contributed by atoms with Crippen LogP contribution in [0.5, 0.6) is 0 Å². The summed E-state index contributed by atoms with van der Waals surface area (Å²) in [4.78, 5) is 5.64. The summed E-state index contributed by atoms with van der Waals surface area (Å²) in [7, 11) is 0. The molecule has 0 saturated carbocycles. The number of rotatable bonds is 2. The number of nitrogens with one attached hydrogen (secondary N) is 1. The summed E-state index contributed by atoms with van der Waals surface area (Å²) in [6, 6.07) is 23.9. The molecule has 5 rings (SSSR count). The third kappa shape index (κ3) is 2.58. The molecule has 0 amide bonds. The number of furan rings is 1. The largest absolute Gasteiger partial charge is 0.446 e. The molecule has 2 aromatic carbocycles. The summed E-state index contributed by atoms with van der Waals surface area (Å²) in [6.07, 6.45) is 0. The maximum Gasteiger partial charge on any atom is 0.204 e. The van der Waals surface area contributed by atoms with Crippen molar-refractivity contribution in [3.8, 4) is 33.2 Å². The lowest BCUT2D eigenvalue weighted by molar-refractivity contribution is 0.599. The Morgan fingerprint density at radius 2 is 1.67 bits per heavy atom. The molecule has 126 valence electrons. The van der Waals surface area contributed by atoms with Gasteiger partial charge in [0.2, 0.25) is 5.76 Å². The van der Waals surface area contributed by atoms with Crippen molar-refractivity contribution < 1.29 is 4.42 Å². The lowest BCUT2D eigenvalue weighted by atomic mass is 10.1. The molecule has 5 aromatic rings. The van der Waals surface area contributed by atoms with E-state index in [-0.39, 0.29) is 0 Å². The van der Waals surface area contributed by atoms with Crippen LogP contribution >= 0.6 is 11.3 Å². The molecule has 0 aliphatic carbocycles. The van der Waals surface area contributed by atoms with Gasteiger partial charge in [0.05, 0.1) is 22.2 Å². The molecule has 0 fully saturated rings. The molecule has 0 spiro atoms. The highest BCUT2D eigenvalue weighted by Crippen LogP contribution is 2.36. The van der Waals surface area contributed by atoms with Crippen molar-refractivity contribution in [3.63, 3.8) is 0 Å². The van der Waals surface area contributed by atoms with Crippen LogP contribution in [-0.4, -0.2) is 4.98 Å². The SMILES string of the molecule is N#Cc1ccc2cc(-c3ccc(-c4ccc5cc(C#N)oc5c4)s3)[nH]c2c1. The first kappa shape index (κ1) is 15.5. The molecule has 3 heterocycles. The van der Waals surface area contributed by atoms with Crippen molar-refractivity contribution in [1.29, 1.82) is 10.5 Å². The van der Waals surface area contributed by atoms with Crippen molar-refractivity contribution in [1.82, 2.24) is 4.98 Å². The van der Waals surface area contributed by atoms with Crippen LogP contribution in [-0.2, 0) is 0 Å². The molecule has 5 heteroatoms. The summed E-state index contributed by atoms with van der Waals surface area (Å²) in [5.74, 6) is 0.323. The molecular formula is C22H11N3OS. The highest BCUT2D eigenvalue weighted by atomic mass is 32.1. The van der Waals surface area contributed by atoms with Gasteiger partial charge in [-0.2, -0.15) is 10.5 Å². The molecule has 0 aliphatic heterocycles. The standard InChI is InChI=1S/C22H11N3OS/c23-11-13-1-2-14-9-19(25-18(14)7-13)22-6-5-21(27-22)16-4-3-15-8-17(12-24)26-20(15)10-16/h1-10,25H. The zero-order valence-corrected chi connectivity index (χ0v) is 14.8. The van der Waals surface area contributed by atoms with Gasteiger partial charge in [0.1, 0.15) is 11.7 Å². The van der Waals surface area contributed by atoms with Crippen molar-refractivity contribution in [2.45, 2.75) is 0 Å². The first-order valence-electron chi connectivity index (χ1n) is 8.31. The number of aromatic amines is 1. The summed E-state index contributed by atoms with van der Waals surface area (Å²) < 4.78 is 5.54. The molecule has 0 atom stereocenters. The molecule has 0 aliphatic rings. The van der Waals surface area contributed by atoms with Gasteiger partial charge in [-0.25, -0.2) is 0 Å². The van der Waals surface area contributed by atoms with E-state index in [0.717, 1.165) is 37.3 Å². The zero-order valence-electron chi connectivity index (χ0n) is 14.0. The molecular weight excluding hydrogens is 354 g/mol. The molecule has 4 nitrogen and oxygen atoms in total. The number of nitriles is 2. The van der Waals surface area contributed by atoms with Crippen molar-refractivity contribution in [3.05, 3.63) is 72.0 Å². The highest BCUT2D eigenvalue weighted by molar-refractivity contribution is 7.18. The van der Waals surface area contributed by atoms with Crippen LogP contribution in [0.3, 0.4) is 0 Å². The van der Waals surface area contributed by atoms with E-state index in [4.69, 9.17) is 14.9 Å². The van der Waals surface area contributed by atoms with Crippen LogP contribution < -0.4 is 0 Å². The van der Waals surface area contributed by atoms with Crippen LogP contribution in [0.1, 0.15) is 11.3 Å². The van der Waals surface area contributed by atoms with E-state index in [2.05, 4.69) is 29.3 Å². The van der Waals surface area contributed by atoms with Gasteiger partial charge in [0.25, 0.3) is 0 Å². The number of thiophene rings is 1. The molecule has 0 saturated heterocycles. The predicted octanol–water partition coefficient (Wildman–Crippen LogP) is 6.05. The monoisotopic (exact) mass is 365 g/mol. The minimum Gasteiger partial charge on any atom is -0.446 e. The van der Waals surface area contributed by atoms with Gasteiger partial charge in [-0.1, -0.05) is 18.2 Å². The Morgan fingerprint density at radius 1 is 0.815 bits per heavy atom. The lowest BCUT2D eigenvalue weighted by Crippen LogP contribution is -1.73. The van der Waals surface area contributed by atoms with Crippen molar-refractivity contribution in [2.75, 3.05) is 0 Å². The van der Waals surface area contributed by atoms with Gasteiger partial charge < -0.3 is 9.40 Å². The van der Waals surface area contributed by atoms with Crippen LogP contribution in [0.2, 0.25) is 0 Å². The van der Waals surface area contributed by atoms with Gasteiger partial charge in [0.15, 0.2) is 0 Å². The van der Waals surface area contributed by atoms with Gasteiger partial charge in [-0.3, -0.25) is 0 Å². The first-order valence-corrected chi connectivity index (χ1v) is 9.12. The Morgan fingerprint density at radius 3 is 2.52 bits per heavy atom. The average molecular weight is 365 g/mol. The summed E-state index contributed by atoms with van der Waals surface area (Å²) in [5, 5.41) is 20.1. The number of hydrogen-bond donors (Lipinski definition) is 1. The van der Waals surface area contributed by atoms with Gasteiger partial charge in [-0.15, -0.1) is 11.3 Å². The van der Waals surface area contributed by atoms with Gasteiger partial charge >= 0.3 is 0 Å². The van der Waals surface area contributed by atoms with E-state index < -0.39 is 0 Å². The second-order valence-electron chi connectivity index (χ2n) is 6.24. The first-order chi connectivity index (χ1) is 13.2. The topological polar surface area (TPSA) is 76.5 Å². The fraction of sp³-hybridized carbons (Fsp3) is 0. The number of H-pyrrole nitrogens is 1. The second-order valence-corrected chi connectivity index (χ2v) is 7.32. The van der Waals surface area contributed by atoms with Crippen LogP contribution in [0.15, 0.2) is 65.1 Å². The normalized spacial score (nSPS) is 10.9. The van der Waals surface area contributed by atoms with Gasteiger partial charge in [-0.05, 0) is 42.0 Å². The fourth-order valence-electron chi connectivity index (χ4n) is 3.21. The second kappa shape index (κ2) is 5.88. The Bertz CT molecular complexity index is 1380. The Balaban J connectivity index is 1.54. The van der Waals surface area contributed by atoms with Crippen LogP contribution in [0.4, 0.5) is 0 Å². The Hall–Kier alpha value is -3.80. The van der Waals surface area contributed by atoms with Gasteiger partial charge in [0, 0.05) is 27.2 Å². The highest BCUT2D eigenvalue weighted by Gasteiger charge is 2.10. The summed E-state index contributed by atoms with van der Waals surface area (Å²) in [6.45, 7) is 0. The number of benzene rings is 2. The smallest absolute Gasteiger partial charge is 0.204 e. The summed E-state index contributed by atoms with van der Waals surface area (Å²) in [5.41, 5.74) is 4.41. The van der Waals surface area contributed by atoms with Crippen molar-refractivity contribution in [2.24, 2.45) is 0 Å². The summed E-state index contributed by atoms with van der Waals surface area (Å²) >= 11 is 1.68. The molecule has 0 unspecified atom stereocenters. The van der Waals surface area contributed by atoms with Crippen LogP contribution in [0.25, 0.3) is 42.9 Å². The Kier molecular flexibility index (Phi) is 3.36. The van der Waals surface area contributed by atoms with E-state index in [1.807, 2.05) is 42.5 Å². The zero-order chi connectivity index (χ0) is 18.4. The van der Waals surface area contributed by atoms with E-state index >= 15 is 0 Å². The van der Waals surface area contributed by atoms with E-state index in [1.54, 1.807) is 17.4 Å². The quantitative estimate of drug-likeness (QED) is 0.413. The molecule has 0 radical (unpaired) electrons. The van der Waals surface area contributed by atoms with Crippen LogP contribution in [0, 0.1) is 22.7 Å². The molecule has 0 bridgehead atoms. The van der Waals surface area contributed by atoms with E-state index in [1.165, 1.54) is 0 Å². The lowest BCUT2D eigenvalue weighted by Gasteiger charge is -1.97. The minimum absolute atomic E-state index is 0.323.